The third-order valence-corrected chi connectivity index (χ3v) is 2.13. The number of methoxy groups -OCH3 is 1. The zero-order valence-electron chi connectivity index (χ0n) is 7.49. The lowest BCUT2D eigenvalue weighted by Crippen LogP contribution is -1.95. The molecule has 0 aliphatic heterocycles. The van der Waals surface area contributed by atoms with E-state index in [9.17, 15) is 0 Å². The highest BCUT2D eigenvalue weighted by Crippen LogP contribution is 2.22. The summed E-state index contributed by atoms with van der Waals surface area (Å²) in [6.45, 7) is 0. The fourth-order valence-corrected chi connectivity index (χ4v) is 1.29. The Balaban J connectivity index is 2.70. The molecule has 0 saturated carbocycles. The summed E-state index contributed by atoms with van der Waals surface area (Å²) in [6, 6.07) is 5.34. The average molecular weight is 210 g/mol. The normalized spacial score (nSPS) is 10.4. The zero-order valence-corrected chi connectivity index (χ0v) is 8.25. The molecule has 72 valence electrons. The number of nitrogens with two attached hydrogens (primary N) is 1. The Morgan fingerprint density at radius 3 is 2.79 bits per heavy atom. The number of halogens is 1. The second-order valence-corrected chi connectivity index (χ2v) is 3.11. The van der Waals surface area contributed by atoms with E-state index in [1.165, 1.54) is 0 Å². The number of benzene rings is 1. The second kappa shape index (κ2) is 3.31. The number of anilines is 1. The van der Waals surface area contributed by atoms with Gasteiger partial charge in [0.15, 0.2) is 11.0 Å². The maximum atomic E-state index is 5.74. The highest BCUT2D eigenvalue weighted by Gasteiger charge is 2.03. The molecule has 0 radical (unpaired) electrons. The Kier molecular flexibility index (Phi) is 2.13. The monoisotopic (exact) mass is 209 g/mol. The van der Waals surface area contributed by atoms with Crippen molar-refractivity contribution in [2.45, 2.75) is 0 Å². The summed E-state index contributed by atoms with van der Waals surface area (Å²) in [4.78, 5) is 8.16. The van der Waals surface area contributed by atoms with E-state index in [1.807, 2.05) is 0 Å². The van der Waals surface area contributed by atoms with Gasteiger partial charge in [0.2, 0.25) is 0 Å². The van der Waals surface area contributed by atoms with Gasteiger partial charge in [-0.05, 0) is 12.1 Å². The molecule has 0 saturated heterocycles. The number of fused-ring (bicyclic) bond motifs is 1. The van der Waals surface area contributed by atoms with Crippen LogP contribution in [0.5, 0.6) is 5.75 Å². The van der Waals surface area contributed by atoms with Crippen LogP contribution < -0.4 is 10.5 Å². The van der Waals surface area contributed by atoms with Crippen LogP contribution in [0.3, 0.4) is 0 Å². The van der Waals surface area contributed by atoms with Gasteiger partial charge in [0.25, 0.3) is 0 Å². The lowest BCUT2D eigenvalue weighted by Gasteiger charge is -2.02. The van der Waals surface area contributed by atoms with Crippen molar-refractivity contribution in [1.29, 1.82) is 0 Å². The minimum Gasteiger partial charge on any atom is -0.497 e. The van der Waals surface area contributed by atoms with Crippen LogP contribution in [0.1, 0.15) is 0 Å². The van der Waals surface area contributed by atoms with E-state index in [4.69, 9.17) is 22.1 Å². The second-order valence-electron chi connectivity index (χ2n) is 2.75. The summed E-state index contributed by atoms with van der Waals surface area (Å²) in [6.07, 6.45) is 0. The van der Waals surface area contributed by atoms with Crippen LogP contribution in [0, 0.1) is 0 Å². The standard InChI is InChI=1S/C9H8ClN3O/c1-14-5-2-3-6-7(4-5)12-8(10)9(11)13-6/h2-4H,1H3,(H2,11,13). The molecule has 0 aliphatic rings. The van der Waals surface area contributed by atoms with Crippen molar-refractivity contribution >= 4 is 28.5 Å². The van der Waals surface area contributed by atoms with Crippen LogP contribution >= 0.6 is 11.6 Å². The Labute approximate surface area is 85.7 Å². The van der Waals surface area contributed by atoms with E-state index in [-0.39, 0.29) is 11.0 Å². The molecule has 14 heavy (non-hydrogen) atoms. The Bertz CT molecular complexity index is 487. The Morgan fingerprint density at radius 1 is 1.29 bits per heavy atom. The highest BCUT2D eigenvalue weighted by atomic mass is 35.5. The summed E-state index contributed by atoms with van der Waals surface area (Å²) in [5.74, 6) is 0.956. The molecule has 0 unspecified atom stereocenters. The van der Waals surface area contributed by atoms with Crippen LogP contribution in [0.15, 0.2) is 18.2 Å². The third kappa shape index (κ3) is 1.44. The number of hydrogen-bond acceptors (Lipinski definition) is 4. The molecule has 0 aliphatic carbocycles. The quantitative estimate of drug-likeness (QED) is 0.779. The van der Waals surface area contributed by atoms with Gasteiger partial charge in [-0.25, -0.2) is 9.97 Å². The maximum absolute atomic E-state index is 5.74. The SMILES string of the molecule is COc1ccc2nc(N)c(Cl)nc2c1. The Hall–Kier alpha value is -1.55. The predicted octanol–water partition coefficient (Wildman–Crippen LogP) is 1.87. The first-order valence-electron chi connectivity index (χ1n) is 3.97. The van der Waals surface area contributed by atoms with Gasteiger partial charge in [-0.1, -0.05) is 11.6 Å². The highest BCUT2D eigenvalue weighted by molar-refractivity contribution is 6.31. The number of rotatable bonds is 1. The molecule has 2 aromatic rings. The van der Waals surface area contributed by atoms with Gasteiger partial charge in [-0.2, -0.15) is 0 Å². The van der Waals surface area contributed by atoms with Crippen molar-refractivity contribution in [3.63, 3.8) is 0 Å². The van der Waals surface area contributed by atoms with Gasteiger partial charge in [0, 0.05) is 6.07 Å². The summed E-state index contributed by atoms with van der Waals surface area (Å²) >= 11 is 5.74. The minimum atomic E-state index is 0.214. The van der Waals surface area contributed by atoms with Gasteiger partial charge in [0.1, 0.15) is 5.75 Å². The molecule has 1 aromatic heterocycles. The molecule has 2 N–H and O–H groups in total. The first-order valence-corrected chi connectivity index (χ1v) is 4.35. The van der Waals surface area contributed by atoms with Gasteiger partial charge in [-0.15, -0.1) is 0 Å². The molecule has 4 nitrogen and oxygen atoms in total. The largest absolute Gasteiger partial charge is 0.497 e. The van der Waals surface area contributed by atoms with Crippen molar-refractivity contribution in [1.82, 2.24) is 9.97 Å². The maximum Gasteiger partial charge on any atom is 0.171 e. The summed E-state index contributed by atoms with van der Waals surface area (Å²) in [5.41, 5.74) is 6.89. The molecule has 5 heteroatoms. The zero-order chi connectivity index (χ0) is 10.1. The molecule has 1 aromatic carbocycles. The van der Waals surface area contributed by atoms with Crippen molar-refractivity contribution in [3.05, 3.63) is 23.4 Å². The molecule has 0 bridgehead atoms. The first-order chi connectivity index (χ1) is 6.70. The van der Waals surface area contributed by atoms with E-state index in [0.29, 0.717) is 16.8 Å². The molecule has 0 amide bonds. The van der Waals surface area contributed by atoms with Crippen LogP contribution in [0.25, 0.3) is 11.0 Å². The van der Waals surface area contributed by atoms with Crippen molar-refractivity contribution in [2.75, 3.05) is 12.8 Å². The molecule has 2 rings (SSSR count). The average Bonchev–Trinajstić information content (AvgIpc) is 2.19. The van der Waals surface area contributed by atoms with Gasteiger partial charge in [-0.3, -0.25) is 0 Å². The smallest absolute Gasteiger partial charge is 0.171 e. The predicted molar refractivity (Wildman–Crippen MR) is 55.5 cm³/mol. The van der Waals surface area contributed by atoms with Crippen molar-refractivity contribution < 1.29 is 4.74 Å². The van der Waals surface area contributed by atoms with Crippen LogP contribution in [-0.2, 0) is 0 Å². The molecule has 0 fully saturated rings. The summed E-state index contributed by atoms with van der Waals surface area (Å²) in [7, 11) is 1.59. The number of hydrogen-bond donors (Lipinski definition) is 1. The fraction of sp³-hybridized carbons (Fsp3) is 0.111. The van der Waals surface area contributed by atoms with E-state index in [1.54, 1.807) is 25.3 Å². The molecule has 0 atom stereocenters. The van der Waals surface area contributed by atoms with E-state index in [2.05, 4.69) is 9.97 Å². The number of nitrogen functional groups attached to an aromatic ring is 1. The third-order valence-electron chi connectivity index (χ3n) is 1.85. The van der Waals surface area contributed by atoms with Crippen molar-refractivity contribution in [2.24, 2.45) is 0 Å². The fourth-order valence-electron chi connectivity index (χ4n) is 1.15. The van der Waals surface area contributed by atoms with E-state index >= 15 is 0 Å². The van der Waals surface area contributed by atoms with E-state index < -0.39 is 0 Å². The lowest BCUT2D eigenvalue weighted by molar-refractivity contribution is 0.415. The first kappa shape index (κ1) is 9.02. The molecular weight excluding hydrogens is 202 g/mol. The number of aromatic nitrogens is 2. The number of nitrogens with zero attached hydrogens (tertiary/aromatic N) is 2. The molecular formula is C9H8ClN3O. The van der Waals surface area contributed by atoms with Crippen LogP contribution in [0.2, 0.25) is 5.15 Å². The van der Waals surface area contributed by atoms with Crippen molar-refractivity contribution in [3.8, 4) is 5.75 Å². The minimum absolute atomic E-state index is 0.214. The molecule has 1 heterocycles. The topological polar surface area (TPSA) is 61.0 Å². The summed E-state index contributed by atoms with van der Waals surface area (Å²) in [5, 5.41) is 0.214. The Morgan fingerprint density at radius 2 is 2.07 bits per heavy atom. The van der Waals surface area contributed by atoms with Gasteiger partial charge in [0.05, 0.1) is 18.1 Å². The van der Waals surface area contributed by atoms with Crippen LogP contribution in [0.4, 0.5) is 5.82 Å². The van der Waals surface area contributed by atoms with Gasteiger partial charge >= 0.3 is 0 Å². The lowest BCUT2D eigenvalue weighted by atomic mass is 10.3. The van der Waals surface area contributed by atoms with E-state index in [0.717, 1.165) is 0 Å². The molecule has 0 spiro atoms. The van der Waals surface area contributed by atoms with Crippen LogP contribution in [-0.4, -0.2) is 17.1 Å². The van der Waals surface area contributed by atoms with Gasteiger partial charge < -0.3 is 10.5 Å². The number of ether oxygens (including phenoxy) is 1. The summed E-state index contributed by atoms with van der Waals surface area (Å²) < 4.78 is 5.05.